The van der Waals surface area contributed by atoms with Crippen LogP contribution in [0.2, 0.25) is 0 Å². The molecule has 0 aromatic heterocycles. The van der Waals surface area contributed by atoms with Crippen molar-refractivity contribution in [1.29, 1.82) is 0 Å². The lowest BCUT2D eigenvalue weighted by Crippen LogP contribution is -2.31. The molecule has 1 aliphatic carbocycles. The molecule has 2 N–H and O–H groups in total. The SMILES string of the molecule is CC1=CC([C@H]2C[C@H](OCCCCCC3CCCCC3)[C@@H](CO)O2)CC(=O)NC1=O. The van der Waals surface area contributed by atoms with Gasteiger partial charge in [-0.3, -0.25) is 14.9 Å². The molecule has 1 saturated heterocycles. The van der Waals surface area contributed by atoms with Crippen LogP contribution in [0.3, 0.4) is 0 Å². The van der Waals surface area contributed by atoms with E-state index in [4.69, 9.17) is 9.47 Å². The molecule has 1 saturated carbocycles. The van der Waals surface area contributed by atoms with Gasteiger partial charge in [0.25, 0.3) is 5.91 Å². The van der Waals surface area contributed by atoms with Crippen LogP contribution in [0.1, 0.15) is 77.6 Å². The molecule has 6 nitrogen and oxygen atoms in total. The highest BCUT2D eigenvalue weighted by atomic mass is 16.6. The smallest absolute Gasteiger partial charge is 0.253 e. The summed E-state index contributed by atoms with van der Waals surface area (Å²) < 4.78 is 12.0. The first-order valence-corrected chi connectivity index (χ1v) is 11.5. The van der Waals surface area contributed by atoms with Crippen molar-refractivity contribution >= 4 is 11.8 Å². The van der Waals surface area contributed by atoms with Gasteiger partial charge in [0.15, 0.2) is 0 Å². The van der Waals surface area contributed by atoms with Gasteiger partial charge in [-0.2, -0.15) is 0 Å². The molecule has 1 unspecified atom stereocenters. The van der Waals surface area contributed by atoms with Crippen LogP contribution >= 0.6 is 0 Å². The quantitative estimate of drug-likeness (QED) is 0.453. The van der Waals surface area contributed by atoms with Gasteiger partial charge in [0, 0.05) is 30.9 Å². The van der Waals surface area contributed by atoms with Crippen molar-refractivity contribution in [2.45, 2.75) is 95.9 Å². The van der Waals surface area contributed by atoms with E-state index in [-0.39, 0.29) is 49.1 Å². The van der Waals surface area contributed by atoms with E-state index in [1.165, 1.54) is 51.4 Å². The number of ether oxygens (including phenoxy) is 2. The van der Waals surface area contributed by atoms with Crippen molar-refractivity contribution in [1.82, 2.24) is 5.32 Å². The van der Waals surface area contributed by atoms with Gasteiger partial charge in [0.2, 0.25) is 5.91 Å². The summed E-state index contributed by atoms with van der Waals surface area (Å²) in [5.41, 5.74) is 0.535. The summed E-state index contributed by atoms with van der Waals surface area (Å²) in [5.74, 6) is 0.155. The Morgan fingerprint density at radius 1 is 1.17 bits per heavy atom. The van der Waals surface area contributed by atoms with E-state index in [0.717, 1.165) is 12.3 Å². The van der Waals surface area contributed by atoms with Crippen LogP contribution in [0, 0.1) is 11.8 Å². The third-order valence-corrected chi connectivity index (χ3v) is 6.70. The van der Waals surface area contributed by atoms with Crippen LogP contribution in [-0.4, -0.2) is 48.4 Å². The van der Waals surface area contributed by atoms with Crippen molar-refractivity contribution < 1.29 is 24.2 Å². The molecule has 6 heteroatoms. The Labute approximate surface area is 174 Å². The fourth-order valence-corrected chi connectivity index (χ4v) is 4.97. The van der Waals surface area contributed by atoms with Crippen LogP contribution in [-0.2, 0) is 19.1 Å². The standard InChI is InChI=1S/C23H37NO5/c1-16-12-18(13-22(26)24-23(16)27)19-14-20(21(15-25)29-19)28-11-7-3-6-10-17-8-4-2-5-9-17/h12,17-21,25H,2-11,13-15H2,1H3,(H,24,26,27)/t18?,19-,20+,21-/m1/s1. The Bertz CT molecular complexity index is 584. The molecule has 0 spiro atoms. The molecule has 0 bridgehead atoms. The Hall–Kier alpha value is -1.24. The van der Waals surface area contributed by atoms with Gasteiger partial charge in [0.05, 0.1) is 18.8 Å². The first kappa shape index (κ1) is 22.4. The van der Waals surface area contributed by atoms with Crippen molar-refractivity contribution in [2.24, 2.45) is 11.8 Å². The minimum absolute atomic E-state index is 0.0939. The average Bonchev–Trinajstić information content (AvgIpc) is 3.08. The molecule has 3 rings (SSSR count). The fourth-order valence-electron chi connectivity index (χ4n) is 4.97. The van der Waals surface area contributed by atoms with E-state index in [0.29, 0.717) is 18.6 Å². The summed E-state index contributed by atoms with van der Waals surface area (Å²) >= 11 is 0. The number of aliphatic hydroxyl groups excluding tert-OH is 1. The van der Waals surface area contributed by atoms with Crippen molar-refractivity contribution in [3.63, 3.8) is 0 Å². The van der Waals surface area contributed by atoms with Gasteiger partial charge >= 0.3 is 0 Å². The molecule has 2 heterocycles. The summed E-state index contributed by atoms with van der Waals surface area (Å²) in [7, 11) is 0. The molecule has 3 aliphatic rings. The second-order valence-corrected chi connectivity index (χ2v) is 8.99. The zero-order valence-corrected chi connectivity index (χ0v) is 17.7. The zero-order valence-electron chi connectivity index (χ0n) is 17.7. The topological polar surface area (TPSA) is 84.9 Å². The predicted molar refractivity (Wildman–Crippen MR) is 110 cm³/mol. The van der Waals surface area contributed by atoms with E-state index >= 15 is 0 Å². The predicted octanol–water partition coefficient (Wildman–Crippen LogP) is 3.27. The third-order valence-electron chi connectivity index (χ3n) is 6.70. The summed E-state index contributed by atoms with van der Waals surface area (Å²) in [6.45, 7) is 2.30. The average molecular weight is 408 g/mol. The molecule has 2 fully saturated rings. The monoisotopic (exact) mass is 407 g/mol. The lowest BCUT2D eigenvalue weighted by molar-refractivity contribution is -0.129. The van der Waals surface area contributed by atoms with Crippen molar-refractivity contribution in [3.05, 3.63) is 11.6 Å². The second kappa shape index (κ2) is 11.2. The molecule has 164 valence electrons. The van der Waals surface area contributed by atoms with Gasteiger partial charge in [-0.15, -0.1) is 0 Å². The molecule has 0 aromatic carbocycles. The number of rotatable bonds is 9. The maximum Gasteiger partial charge on any atom is 0.253 e. The van der Waals surface area contributed by atoms with Crippen LogP contribution in [0.5, 0.6) is 0 Å². The third kappa shape index (κ3) is 6.63. The molecule has 2 amide bonds. The number of aliphatic hydroxyl groups is 1. The van der Waals surface area contributed by atoms with Crippen molar-refractivity contribution in [3.8, 4) is 0 Å². The molecule has 0 aromatic rings. The Morgan fingerprint density at radius 2 is 1.97 bits per heavy atom. The first-order valence-electron chi connectivity index (χ1n) is 11.5. The van der Waals surface area contributed by atoms with E-state index in [1.807, 2.05) is 6.08 Å². The van der Waals surface area contributed by atoms with Crippen molar-refractivity contribution in [2.75, 3.05) is 13.2 Å². The molecular weight excluding hydrogens is 370 g/mol. The molecule has 4 atom stereocenters. The first-order chi connectivity index (χ1) is 14.1. The van der Waals surface area contributed by atoms with Gasteiger partial charge in [-0.25, -0.2) is 0 Å². The lowest BCUT2D eigenvalue weighted by atomic mass is 9.86. The second-order valence-electron chi connectivity index (χ2n) is 8.99. The highest BCUT2D eigenvalue weighted by Crippen LogP contribution is 2.32. The van der Waals surface area contributed by atoms with Gasteiger partial charge in [-0.1, -0.05) is 57.4 Å². The van der Waals surface area contributed by atoms with Crippen LogP contribution in [0.15, 0.2) is 11.6 Å². The Kier molecular flexibility index (Phi) is 8.69. The maximum absolute atomic E-state index is 11.9. The molecule has 0 radical (unpaired) electrons. The minimum Gasteiger partial charge on any atom is -0.394 e. The van der Waals surface area contributed by atoms with Gasteiger partial charge < -0.3 is 14.6 Å². The van der Waals surface area contributed by atoms with Gasteiger partial charge in [-0.05, 0) is 19.3 Å². The van der Waals surface area contributed by atoms with E-state index < -0.39 is 0 Å². The van der Waals surface area contributed by atoms with E-state index in [9.17, 15) is 14.7 Å². The van der Waals surface area contributed by atoms with E-state index in [1.54, 1.807) is 6.92 Å². The fraction of sp³-hybridized carbons (Fsp3) is 0.826. The highest BCUT2D eigenvalue weighted by molar-refractivity contribution is 6.05. The summed E-state index contributed by atoms with van der Waals surface area (Å²) in [6.07, 6.45) is 13.9. The number of amides is 2. The van der Waals surface area contributed by atoms with Gasteiger partial charge in [0.1, 0.15) is 6.10 Å². The normalized spacial score (nSPS) is 31.4. The number of carbonyl (C=O) groups is 2. The number of carbonyl (C=O) groups excluding carboxylic acids is 2. The highest BCUT2D eigenvalue weighted by Gasteiger charge is 2.40. The number of hydrogen-bond acceptors (Lipinski definition) is 5. The summed E-state index contributed by atoms with van der Waals surface area (Å²) in [6, 6.07) is 0. The van der Waals surface area contributed by atoms with Crippen LogP contribution in [0.25, 0.3) is 0 Å². The zero-order chi connectivity index (χ0) is 20.6. The molecule has 29 heavy (non-hydrogen) atoms. The van der Waals surface area contributed by atoms with Crippen LogP contribution < -0.4 is 5.32 Å². The Morgan fingerprint density at radius 3 is 2.72 bits per heavy atom. The summed E-state index contributed by atoms with van der Waals surface area (Å²) in [4.78, 5) is 23.7. The molecule has 2 aliphatic heterocycles. The number of nitrogens with one attached hydrogen (secondary N) is 1. The largest absolute Gasteiger partial charge is 0.394 e. The number of hydrogen-bond donors (Lipinski definition) is 2. The molecular formula is C23H37NO5. The summed E-state index contributed by atoms with van der Waals surface area (Å²) in [5, 5.41) is 12.1. The maximum atomic E-state index is 11.9. The number of unbranched alkanes of at least 4 members (excludes halogenated alkanes) is 2. The number of imide groups is 1. The lowest BCUT2D eigenvalue weighted by Gasteiger charge is -2.21. The Balaban J connectivity index is 1.39. The van der Waals surface area contributed by atoms with Crippen LogP contribution in [0.4, 0.5) is 0 Å². The van der Waals surface area contributed by atoms with E-state index in [2.05, 4.69) is 5.32 Å². The minimum atomic E-state index is -0.363.